The number of carbonyl (C=O) groups is 1. The van der Waals surface area contributed by atoms with Gasteiger partial charge in [0.1, 0.15) is 0 Å². The molecule has 0 aromatic carbocycles. The zero-order valence-electron chi connectivity index (χ0n) is 6.26. The highest BCUT2D eigenvalue weighted by Gasteiger charge is 2.16. The van der Waals surface area contributed by atoms with Crippen molar-refractivity contribution in [3.63, 3.8) is 0 Å². The normalized spacial score (nSPS) is 11.5. The van der Waals surface area contributed by atoms with Gasteiger partial charge in [0.15, 0.2) is 5.03 Å². The molecule has 0 amide bonds. The minimum absolute atomic E-state index is 0.407. The number of carbonyl (C=O) groups excluding carboxylic acids is 1. The highest BCUT2D eigenvalue weighted by molar-refractivity contribution is 7.85. The Balaban J connectivity index is 3.36. The zero-order valence-corrected chi connectivity index (χ0v) is 7.08. The first kappa shape index (κ1) is 8.95. The van der Waals surface area contributed by atoms with E-state index in [4.69, 9.17) is 4.55 Å². The van der Waals surface area contributed by atoms with Gasteiger partial charge in [0.2, 0.25) is 5.91 Å². The lowest BCUT2D eigenvalue weighted by atomic mass is 10.7. The third-order valence-electron chi connectivity index (χ3n) is 1.31. The maximum Gasteiger partial charge on any atom is 0.310 e. The van der Waals surface area contributed by atoms with Gasteiger partial charge in [-0.3, -0.25) is 13.9 Å². The first-order chi connectivity index (χ1) is 5.43. The summed E-state index contributed by atoms with van der Waals surface area (Å²) in [5, 5.41) is -0.407. The minimum atomic E-state index is -4.29. The van der Waals surface area contributed by atoms with E-state index < -0.39 is 21.1 Å². The number of nitrogens with zero attached hydrogens (tertiary/aromatic N) is 1. The maximum atomic E-state index is 10.8. The second-order valence-corrected chi connectivity index (χ2v) is 3.58. The summed E-state index contributed by atoms with van der Waals surface area (Å²) in [5.74, 6) is -0.465. The Bertz CT molecular complexity index is 403. The molecule has 0 saturated heterocycles. The van der Waals surface area contributed by atoms with Gasteiger partial charge in [0.25, 0.3) is 0 Å². The third kappa shape index (κ3) is 1.54. The highest BCUT2D eigenvalue weighted by atomic mass is 32.2. The molecular formula is C6H7NO4S. The predicted molar refractivity (Wildman–Crippen MR) is 40.5 cm³/mol. The number of aromatic nitrogens is 1. The fourth-order valence-corrected chi connectivity index (χ4v) is 1.52. The SMILES string of the molecule is CC(=O)n1cccc1S(=O)(=O)O. The molecule has 0 unspecified atom stereocenters. The molecule has 1 N–H and O–H groups in total. The monoisotopic (exact) mass is 189 g/mol. The van der Waals surface area contributed by atoms with Crippen LogP contribution in [0.1, 0.15) is 11.7 Å². The van der Waals surface area contributed by atoms with E-state index in [9.17, 15) is 13.2 Å². The largest absolute Gasteiger partial charge is 0.310 e. The molecule has 0 aliphatic rings. The summed E-state index contributed by atoms with van der Waals surface area (Å²) in [6.45, 7) is 1.20. The highest BCUT2D eigenvalue weighted by Crippen LogP contribution is 2.08. The van der Waals surface area contributed by atoms with Gasteiger partial charge < -0.3 is 0 Å². The van der Waals surface area contributed by atoms with Crippen LogP contribution in [-0.2, 0) is 10.1 Å². The molecule has 12 heavy (non-hydrogen) atoms. The average Bonchev–Trinajstić information content (AvgIpc) is 2.30. The number of rotatable bonds is 1. The first-order valence-corrected chi connectivity index (χ1v) is 4.52. The van der Waals surface area contributed by atoms with Crippen molar-refractivity contribution in [2.24, 2.45) is 0 Å². The van der Waals surface area contributed by atoms with Crippen molar-refractivity contribution in [3.8, 4) is 0 Å². The molecule has 0 saturated carbocycles. The van der Waals surface area contributed by atoms with Crippen LogP contribution >= 0.6 is 0 Å². The van der Waals surface area contributed by atoms with Crippen LogP contribution in [0.15, 0.2) is 23.4 Å². The molecule has 5 nitrogen and oxygen atoms in total. The van der Waals surface area contributed by atoms with Crippen molar-refractivity contribution in [2.45, 2.75) is 11.9 Å². The van der Waals surface area contributed by atoms with E-state index >= 15 is 0 Å². The van der Waals surface area contributed by atoms with Gasteiger partial charge in [-0.2, -0.15) is 8.42 Å². The molecular weight excluding hydrogens is 182 g/mol. The molecule has 66 valence electrons. The molecule has 0 aliphatic heterocycles. The van der Waals surface area contributed by atoms with E-state index in [1.807, 2.05) is 0 Å². The lowest BCUT2D eigenvalue weighted by Crippen LogP contribution is -2.12. The van der Waals surface area contributed by atoms with Crippen LogP contribution in [0.2, 0.25) is 0 Å². The first-order valence-electron chi connectivity index (χ1n) is 3.08. The molecule has 0 bridgehead atoms. The minimum Gasteiger partial charge on any atom is -0.281 e. The summed E-state index contributed by atoms with van der Waals surface area (Å²) in [6.07, 6.45) is 1.27. The quantitative estimate of drug-likeness (QED) is 0.648. The van der Waals surface area contributed by atoms with Gasteiger partial charge in [-0.05, 0) is 12.1 Å². The molecule has 6 heteroatoms. The Kier molecular flexibility index (Phi) is 2.03. The topological polar surface area (TPSA) is 76.4 Å². The molecule has 0 fully saturated rings. The van der Waals surface area contributed by atoms with Crippen LogP contribution < -0.4 is 0 Å². The lowest BCUT2D eigenvalue weighted by Gasteiger charge is -1.99. The molecule has 1 heterocycles. The van der Waals surface area contributed by atoms with Gasteiger partial charge in [-0.15, -0.1) is 0 Å². The van der Waals surface area contributed by atoms with Crippen molar-refractivity contribution in [2.75, 3.05) is 0 Å². The van der Waals surface area contributed by atoms with E-state index in [0.717, 1.165) is 10.6 Å². The van der Waals surface area contributed by atoms with Gasteiger partial charge in [-0.1, -0.05) is 0 Å². The molecule has 1 aromatic rings. The van der Waals surface area contributed by atoms with Gasteiger partial charge in [0, 0.05) is 13.1 Å². The summed E-state index contributed by atoms with van der Waals surface area (Å²) < 4.78 is 30.7. The van der Waals surface area contributed by atoms with Crippen molar-refractivity contribution in [1.29, 1.82) is 0 Å². The third-order valence-corrected chi connectivity index (χ3v) is 2.18. The van der Waals surface area contributed by atoms with Crippen LogP contribution in [0.5, 0.6) is 0 Å². The smallest absolute Gasteiger partial charge is 0.281 e. The molecule has 0 aliphatic carbocycles. The van der Waals surface area contributed by atoms with E-state index in [-0.39, 0.29) is 0 Å². The Morgan fingerprint density at radius 1 is 1.58 bits per heavy atom. The Labute approximate surface area is 69.4 Å². The van der Waals surface area contributed by atoms with Gasteiger partial charge >= 0.3 is 10.1 Å². The standard InChI is InChI=1S/C6H7NO4S/c1-5(8)7-4-2-3-6(7)12(9,10)11/h2-4H,1H3,(H,9,10,11). The van der Waals surface area contributed by atoms with Crippen molar-refractivity contribution in [1.82, 2.24) is 4.57 Å². The number of hydrogen-bond acceptors (Lipinski definition) is 3. The second kappa shape index (κ2) is 2.72. The maximum absolute atomic E-state index is 10.8. The molecule has 0 radical (unpaired) electrons. The summed E-state index contributed by atoms with van der Waals surface area (Å²) >= 11 is 0. The van der Waals surface area contributed by atoms with Crippen molar-refractivity contribution in [3.05, 3.63) is 18.3 Å². The average molecular weight is 189 g/mol. The van der Waals surface area contributed by atoms with Gasteiger partial charge in [-0.25, -0.2) is 0 Å². The van der Waals surface area contributed by atoms with Gasteiger partial charge in [0.05, 0.1) is 0 Å². The lowest BCUT2D eigenvalue weighted by molar-refractivity contribution is 0.0926. The second-order valence-electron chi connectivity index (χ2n) is 2.21. The summed E-state index contributed by atoms with van der Waals surface area (Å²) in [5.41, 5.74) is 0. The fraction of sp³-hybridized carbons (Fsp3) is 0.167. The van der Waals surface area contributed by atoms with Crippen LogP contribution in [0.4, 0.5) is 0 Å². The van der Waals surface area contributed by atoms with Crippen LogP contribution in [-0.4, -0.2) is 23.4 Å². The van der Waals surface area contributed by atoms with E-state index in [1.54, 1.807) is 0 Å². The summed E-state index contributed by atoms with van der Waals surface area (Å²) in [4.78, 5) is 10.8. The van der Waals surface area contributed by atoms with E-state index in [0.29, 0.717) is 0 Å². The zero-order chi connectivity index (χ0) is 9.35. The van der Waals surface area contributed by atoms with E-state index in [2.05, 4.69) is 0 Å². The predicted octanol–water partition coefficient (Wildman–Crippen LogP) is 0.395. The number of hydrogen-bond donors (Lipinski definition) is 1. The summed E-state index contributed by atoms with van der Waals surface area (Å²) in [6, 6.07) is 2.52. The van der Waals surface area contributed by atoms with Crippen LogP contribution in [0.3, 0.4) is 0 Å². The van der Waals surface area contributed by atoms with Crippen molar-refractivity contribution < 1.29 is 17.8 Å². The Morgan fingerprint density at radius 2 is 2.17 bits per heavy atom. The molecule has 0 atom stereocenters. The Hall–Kier alpha value is -1.14. The molecule has 0 spiro atoms. The van der Waals surface area contributed by atoms with Crippen LogP contribution in [0, 0.1) is 0 Å². The van der Waals surface area contributed by atoms with Crippen LogP contribution in [0.25, 0.3) is 0 Å². The fourth-order valence-electron chi connectivity index (χ4n) is 0.836. The molecule has 1 rings (SSSR count). The van der Waals surface area contributed by atoms with Crippen molar-refractivity contribution >= 4 is 16.0 Å². The molecule has 1 aromatic heterocycles. The van der Waals surface area contributed by atoms with E-state index in [1.165, 1.54) is 19.2 Å². The Morgan fingerprint density at radius 3 is 2.50 bits per heavy atom. The summed E-state index contributed by atoms with van der Waals surface area (Å²) in [7, 11) is -4.29.